The Kier molecular flexibility index (Phi) is 8.37. The lowest BCUT2D eigenvalue weighted by Gasteiger charge is -2.12. The minimum Gasteiger partial charge on any atom is -0.740 e. The Morgan fingerprint density at radius 1 is 1.26 bits per heavy atom. The molecule has 0 spiro atoms. The zero-order chi connectivity index (χ0) is 20.4. The topological polar surface area (TPSA) is 97.5 Å². The van der Waals surface area contributed by atoms with Crippen molar-refractivity contribution in [1.82, 2.24) is 0 Å². The average Bonchev–Trinajstić information content (AvgIpc) is 2.59. The molecular weight excluding hydrogens is 390 g/mol. The van der Waals surface area contributed by atoms with E-state index in [1.807, 2.05) is 23.6 Å². The molecule has 2 aromatic carbocycles. The standard InChI is InChI=1S/C9H5F4N3O3S.C7H8/c10-7-2-1-6(3-5(7)4-14)15-16-8(9(11,12)13)19-20(17)18;1-7-5-3-2-4-6-7/h1-3,15H,(H,17,18);2-6H,1H3/p-1/b16-8+;. The van der Waals surface area contributed by atoms with Crippen molar-refractivity contribution in [3.63, 3.8) is 0 Å². The Morgan fingerprint density at radius 3 is 2.33 bits per heavy atom. The lowest BCUT2D eigenvalue weighted by molar-refractivity contribution is -0.0709. The molecule has 11 heteroatoms. The Hall–Kier alpha value is -2.97. The fourth-order valence-corrected chi connectivity index (χ4v) is 1.78. The van der Waals surface area contributed by atoms with E-state index in [-0.39, 0.29) is 5.69 Å². The van der Waals surface area contributed by atoms with Gasteiger partial charge in [0.1, 0.15) is 23.2 Å². The second-order valence-electron chi connectivity index (χ2n) is 4.78. The van der Waals surface area contributed by atoms with E-state index >= 15 is 0 Å². The third-order valence-corrected chi connectivity index (χ3v) is 3.00. The average molecular weight is 402 g/mol. The van der Waals surface area contributed by atoms with Gasteiger partial charge in [0, 0.05) is 0 Å². The van der Waals surface area contributed by atoms with Crippen LogP contribution in [-0.4, -0.2) is 20.8 Å². The highest BCUT2D eigenvalue weighted by Gasteiger charge is 2.39. The van der Waals surface area contributed by atoms with Crippen molar-refractivity contribution in [3.8, 4) is 6.07 Å². The van der Waals surface area contributed by atoms with Gasteiger partial charge < -0.3 is 8.74 Å². The summed E-state index contributed by atoms with van der Waals surface area (Å²) in [4.78, 5) is 0. The smallest absolute Gasteiger partial charge is 0.471 e. The summed E-state index contributed by atoms with van der Waals surface area (Å²) in [5, 5.41) is 11.2. The number of aryl methyl sites for hydroxylation is 1. The Bertz CT molecular complexity index is 852. The van der Waals surface area contributed by atoms with Gasteiger partial charge in [-0.05, 0) is 25.1 Å². The number of halogens is 4. The molecule has 0 aliphatic carbocycles. The van der Waals surface area contributed by atoms with E-state index in [4.69, 9.17) is 5.26 Å². The maximum absolute atomic E-state index is 13.0. The molecule has 2 aromatic rings. The molecule has 0 saturated carbocycles. The van der Waals surface area contributed by atoms with Gasteiger partial charge in [-0.25, -0.2) is 8.60 Å². The number of hydrazone groups is 1. The molecule has 2 rings (SSSR count). The summed E-state index contributed by atoms with van der Waals surface area (Å²) < 4.78 is 73.5. The van der Waals surface area contributed by atoms with Crippen molar-refractivity contribution in [3.05, 3.63) is 65.5 Å². The van der Waals surface area contributed by atoms with Crippen molar-refractivity contribution in [1.29, 1.82) is 5.26 Å². The largest absolute Gasteiger partial charge is 0.740 e. The van der Waals surface area contributed by atoms with Crippen molar-refractivity contribution < 1.29 is 30.5 Å². The number of hydrogen-bond acceptors (Lipinski definition) is 6. The van der Waals surface area contributed by atoms with Crippen LogP contribution >= 0.6 is 0 Å². The summed E-state index contributed by atoms with van der Waals surface area (Å²) in [5.74, 6) is -2.93. The van der Waals surface area contributed by atoms with Crippen molar-refractivity contribution >= 4 is 22.9 Å². The third kappa shape index (κ3) is 8.30. The number of rotatable bonds is 3. The van der Waals surface area contributed by atoms with Crippen LogP contribution in [0, 0.1) is 24.1 Å². The molecule has 6 nitrogen and oxygen atoms in total. The van der Waals surface area contributed by atoms with Crippen LogP contribution in [0.5, 0.6) is 0 Å². The minimum atomic E-state index is -5.15. The molecule has 0 saturated heterocycles. The van der Waals surface area contributed by atoms with Gasteiger partial charge in [-0.2, -0.15) is 18.4 Å². The molecule has 144 valence electrons. The number of nitrogens with zero attached hydrogens (tertiary/aromatic N) is 2. The van der Waals surface area contributed by atoms with E-state index in [0.29, 0.717) is 0 Å². The highest BCUT2D eigenvalue weighted by Crippen LogP contribution is 2.20. The van der Waals surface area contributed by atoms with E-state index < -0.39 is 34.8 Å². The highest BCUT2D eigenvalue weighted by molar-refractivity contribution is 7.74. The first-order valence-electron chi connectivity index (χ1n) is 7.03. The van der Waals surface area contributed by atoms with Crippen molar-refractivity contribution in [2.24, 2.45) is 5.10 Å². The SMILES string of the molecule is Cc1ccccc1.N#Cc1cc(N/N=C(/OS(=O)[O-])C(F)(F)F)ccc1F. The van der Waals surface area contributed by atoms with E-state index in [9.17, 15) is 26.3 Å². The summed E-state index contributed by atoms with van der Waals surface area (Å²) >= 11 is -3.46. The van der Waals surface area contributed by atoms with Crippen molar-refractivity contribution in [2.45, 2.75) is 13.1 Å². The fraction of sp³-hybridized carbons (Fsp3) is 0.125. The van der Waals surface area contributed by atoms with Crippen LogP contribution in [0.4, 0.5) is 23.2 Å². The Morgan fingerprint density at radius 2 is 1.89 bits per heavy atom. The first-order chi connectivity index (χ1) is 12.6. The van der Waals surface area contributed by atoms with E-state index in [1.54, 1.807) is 0 Å². The molecule has 0 fully saturated rings. The molecule has 1 unspecified atom stereocenters. The molecule has 0 heterocycles. The zero-order valence-electron chi connectivity index (χ0n) is 13.7. The number of benzene rings is 2. The normalized spacial score (nSPS) is 12.3. The quantitative estimate of drug-likeness (QED) is 0.277. The van der Waals surface area contributed by atoms with Gasteiger partial charge in [0.25, 0.3) is 0 Å². The van der Waals surface area contributed by atoms with Crippen LogP contribution < -0.4 is 5.43 Å². The summed E-state index contributed by atoms with van der Waals surface area (Å²) in [6.07, 6.45) is -5.15. The molecule has 0 bridgehead atoms. The zero-order valence-corrected chi connectivity index (χ0v) is 14.5. The molecule has 0 aromatic heterocycles. The first-order valence-corrected chi connectivity index (χ1v) is 8.03. The number of nitrogens with one attached hydrogen (secondary N) is 1. The van der Waals surface area contributed by atoms with Crippen molar-refractivity contribution in [2.75, 3.05) is 5.43 Å². The molecule has 27 heavy (non-hydrogen) atoms. The number of anilines is 1. The number of alkyl halides is 3. The van der Waals surface area contributed by atoms with E-state index in [2.05, 4.69) is 28.3 Å². The monoisotopic (exact) mass is 402 g/mol. The maximum atomic E-state index is 13.0. The van der Waals surface area contributed by atoms with Crippen LogP contribution in [0.1, 0.15) is 11.1 Å². The summed E-state index contributed by atoms with van der Waals surface area (Å²) in [6, 6.07) is 14.5. The maximum Gasteiger partial charge on any atom is 0.471 e. The van der Waals surface area contributed by atoms with E-state index in [0.717, 1.165) is 18.2 Å². The molecule has 0 radical (unpaired) electrons. The molecular formula is C16H12F4N3O3S-. The molecule has 0 aliphatic rings. The Labute approximate surface area is 154 Å². The molecule has 1 atom stereocenters. The second-order valence-corrected chi connectivity index (χ2v) is 5.35. The fourth-order valence-electron chi connectivity index (χ4n) is 1.52. The highest BCUT2D eigenvalue weighted by atomic mass is 32.2. The second kappa shape index (κ2) is 10.2. The van der Waals surface area contributed by atoms with Crippen LogP contribution in [0.15, 0.2) is 53.6 Å². The number of hydrogen-bond donors (Lipinski definition) is 1. The summed E-state index contributed by atoms with van der Waals surface area (Å²) in [6.45, 7) is 2.08. The summed E-state index contributed by atoms with van der Waals surface area (Å²) in [7, 11) is 0. The van der Waals surface area contributed by atoms with Crippen LogP contribution in [-0.2, 0) is 15.5 Å². The molecule has 0 amide bonds. The number of nitriles is 1. The van der Waals surface area contributed by atoms with Crippen LogP contribution in [0.3, 0.4) is 0 Å². The van der Waals surface area contributed by atoms with Gasteiger partial charge in [-0.3, -0.25) is 5.43 Å². The minimum absolute atomic E-state index is 0.162. The predicted molar refractivity (Wildman–Crippen MR) is 89.4 cm³/mol. The van der Waals surface area contributed by atoms with E-state index in [1.165, 1.54) is 11.6 Å². The Balaban J connectivity index is 0.000000433. The summed E-state index contributed by atoms with van der Waals surface area (Å²) in [5.41, 5.74) is 2.55. The molecule has 0 aliphatic heterocycles. The van der Waals surface area contributed by atoms with Gasteiger partial charge in [0.2, 0.25) is 0 Å². The molecule has 1 N–H and O–H groups in total. The van der Waals surface area contributed by atoms with Gasteiger partial charge >= 0.3 is 12.1 Å². The van der Waals surface area contributed by atoms with Crippen LogP contribution in [0.2, 0.25) is 0 Å². The lowest BCUT2D eigenvalue weighted by atomic mass is 10.2. The first kappa shape index (κ1) is 22.1. The van der Waals surface area contributed by atoms with Gasteiger partial charge in [0.05, 0.1) is 11.3 Å². The van der Waals surface area contributed by atoms with Gasteiger partial charge in [0.15, 0.2) is 0 Å². The third-order valence-electron chi connectivity index (χ3n) is 2.70. The van der Waals surface area contributed by atoms with Gasteiger partial charge in [-0.15, -0.1) is 5.10 Å². The predicted octanol–water partition coefficient (Wildman–Crippen LogP) is 3.79. The van der Waals surface area contributed by atoms with Crippen LogP contribution in [0.25, 0.3) is 0 Å². The lowest BCUT2D eigenvalue weighted by Crippen LogP contribution is -2.27. The van der Waals surface area contributed by atoms with Gasteiger partial charge in [-0.1, -0.05) is 35.9 Å².